The molecule has 0 aliphatic heterocycles. The number of nitrogens with one attached hydrogen (secondary N) is 1. The molecule has 0 aromatic heterocycles. The molecular weight excluding hydrogens is 485 g/mol. The first-order valence-electron chi connectivity index (χ1n) is 11.7. The second-order valence-electron chi connectivity index (χ2n) is 8.64. The molecule has 0 radical (unpaired) electrons. The predicted molar refractivity (Wildman–Crippen MR) is 134 cm³/mol. The minimum atomic E-state index is -4.58. The molecule has 0 aliphatic carbocycles. The lowest BCUT2D eigenvalue weighted by Crippen LogP contribution is -2.39. The summed E-state index contributed by atoms with van der Waals surface area (Å²) in [5.74, 6) is -0.659. The average Bonchev–Trinajstić information content (AvgIpc) is 2.84. The van der Waals surface area contributed by atoms with Crippen molar-refractivity contribution in [3.8, 4) is 16.9 Å². The normalized spacial score (nSPS) is 11.2. The molecule has 6 nitrogen and oxygen atoms in total. The summed E-state index contributed by atoms with van der Waals surface area (Å²) in [5, 5.41) is 12.0. The van der Waals surface area contributed by atoms with E-state index in [9.17, 15) is 27.9 Å². The van der Waals surface area contributed by atoms with Gasteiger partial charge in [0.2, 0.25) is 0 Å². The zero-order chi connectivity index (χ0) is 27.2. The predicted octanol–water partition coefficient (Wildman–Crippen LogP) is 6.05. The third-order valence-corrected chi connectivity index (χ3v) is 5.90. The number of ether oxygens (including phenoxy) is 1. The number of hydrogen-bond donors (Lipinski definition) is 2. The molecule has 9 heteroatoms. The van der Waals surface area contributed by atoms with Gasteiger partial charge in [-0.25, -0.2) is 4.79 Å². The lowest BCUT2D eigenvalue weighted by Gasteiger charge is -2.24. The van der Waals surface area contributed by atoms with Crippen molar-refractivity contribution in [2.75, 3.05) is 13.7 Å². The van der Waals surface area contributed by atoms with Crippen molar-refractivity contribution in [3.63, 3.8) is 0 Å². The summed E-state index contributed by atoms with van der Waals surface area (Å²) in [4.78, 5) is 25.6. The van der Waals surface area contributed by atoms with Crippen LogP contribution in [0.15, 0.2) is 60.7 Å². The zero-order valence-corrected chi connectivity index (χ0v) is 20.9. The van der Waals surface area contributed by atoms with E-state index in [1.807, 2.05) is 31.2 Å². The number of carboxylic acid groups (broad SMARTS) is 1. The van der Waals surface area contributed by atoms with Gasteiger partial charge in [-0.05, 0) is 60.4 Å². The van der Waals surface area contributed by atoms with E-state index in [0.717, 1.165) is 23.3 Å². The number of hydrogen-bond acceptors (Lipinski definition) is 3. The number of urea groups is 1. The lowest BCUT2D eigenvalue weighted by molar-refractivity contribution is -0.138. The van der Waals surface area contributed by atoms with Crippen LogP contribution in [-0.4, -0.2) is 35.7 Å². The maximum atomic E-state index is 13.6. The van der Waals surface area contributed by atoms with Gasteiger partial charge < -0.3 is 20.1 Å². The largest absolute Gasteiger partial charge is 0.496 e. The molecule has 0 atom stereocenters. The quantitative estimate of drug-likeness (QED) is 0.365. The van der Waals surface area contributed by atoms with Crippen LogP contribution in [-0.2, 0) is 30.5 Å². The fourth-order valence-corrected chi connectivity index (χ4v) is 4.06. The zero-order valence-electron chi connectivity index (χ0n) is 20.9. The monoisotopic (exact) mass is 514 g/mol. The molecule has 0 bridgehead atoms. The fraction of sp³-hybridized carbons (Fsp3) is 0.286. The molecule has 3 aromatic carbocycles. The highest BCUT2D eigenvalue weighted by Gasteiger charge is 2.31. The van der Waals surface area contributed by atoms with Crippen molar-refractivity contribution in [2.45, 2.75) is 39.5 Å². The summed E-state index contributed by atoms with van der Waals surface area (Å²) in [6.07, 6.45) is -4.83. The number of alkyl halides is 3. The molecular formula is C28H29F3N2O4. The SMILES string of the molecule is CCN(Cc1cc(C(F)(F)F)ccc1-c1cc(CC(=O)O)ccc1OC)C(=O)NCc1cccc(C)c1. The van der Waals surface area contributed by atoms with Crippen LogP contribution in [0.25, 0.3) is 11.1 Å². The summed E-state index contributed by atoms with van der Waals surface area (Å²) in [7, 11) is 1.43. The number of rotatable bonds is 9. The molecule has 0 unspecified atom stereocenters. The highest BCUT2D eigenvalue weighted by Crippen LogP contribution is 2.38. The Bertz CT molecular complexity index is 1270. The average molecular weight is 515 g/mol. The van der Waals surface area contributed by atoms with Crippen LogP contribution in [0.4, 0.5) is 18.0 Å². The summed E-state index contributed by atoms with van der Waals surface area (Å²) in [6.45, 7) is 4.12. The Morgan fingerprint density at radius 2 is 1.76 bits per heavy atom. The van der Waals surface area contributed by atoms with E-state index >= 15 is 0 Å². The standard InChI is InChI=1S/C28H29F3N2O4/c1-4-33(27(36)32-16-20-7-5-6-18(2)12-20)17-21-15-22(28(29,30)31)9-10-23(21)24-13-19(14-26(34)35)8-11-25(24)37-3/h5-13,15H,4,14,16-17H2,1-3H3,(H,32,36)(H,34,35). The molecule has 2 amide bonds. The number of halogens is 3. The van der Waals surface area contributed by atoms with E-state index in [1.165, 1.54) is 18.1 Å². The number of aryl methyl sites for hydroxylation is 1. The number of amides is 2. The summed E-state index contributed by atoms with van der Waals surface area (Å²) < 4.78 is 46.2. The van der Waals surface area contributed by atoms with Crippen LogP contribution in [0.3, 0.4) is 0 Å². The Morgan fingerprint density at radius 3 is 2.38 bits per heavy atom. The summed E-state index contributed by atoms with van der Waals surface area (Å²) in [5.41, 5.74) is 2.70. The number of nitrogens with zero attached hydrogens (tertiary/aromatic N) is 1. The maximum Gasteiger partial charge on any atom is 0.416 e. The Hall–Kier alpha value is -4.01. The van der Waals surface area contributed by atoms with Crippen molar-refractivity contribution < 1.29 is 32.6 Å². The number of carboxylic acids is 1. The molecule has 0 heterocycles. The first-order chi connectivity index (χ1) is 17.5. The van der Waals surface area contributed by atoms with Gasteiger partial charge in [0, 0.05) is 25.2 Å². The Labute approximate surface area is 213 Å². The molecule has 2 N–H and O–H groups in total. The third-order valence-electron chi connectivity index (χ3n) is 5.90. The van der Waals surface area contributed by atoms with Crippen LogP contribution >= 0.6 is 0 Å². The van der Waals surface area contributed by atoms with E-state index in [4.69, 9.17) is 4.74 Å². The summed E-state index contributed by atoms with van der Waals surface area (Å²) >= 11 is 0. The Morgan fingerprint density at radius 1 is 1.00 bits per heavy atom. The molecule has 37 heavy (non-hydrogen) atoms. The second kappa shape index (κ2) is 11.8. The molecule has 196 valence electrons. The topological polar surface area (TPSA) is 78.9 Å². The minimum Gasteiger partial charge on any atom is -0.496 e. The number of methoxy groups -OCH3 is 1. The van der Waals surface area contributed by atoms with Crippen molar-refractivity contribution in [1.29, 1.82) is 0 Å². The molecule has 0 saturated carbocycles. The lowest BCUT2D eigenvalue weighted by atomic mass is 9.94. The first kappa shape index (κ1) is 27.6. The first-order valence-corrected chi connectivity index (χ1v) is 11.7. The number of carbonyl (C=O) groups excluding carboxylic acids is 1. The van der Waals surface area contributed by atoms with Crippen molar-refractivity contribution in [3.05, 3.63) is 88.5 Å². The Balaban J connectivity index is 1.98. The number of aliphatic carboxylic acids is 1. The van der Waals surface area contributed by atoms with Crippen molar-refractivity contribution in [1.82, 2.24) is 10.2 Å². The molecule has 0 fully saturated rings. The molecule has 0 aliphatic rings. The molecule has 3 aromatic rings. The fourth-order valence-electron chi connectivity index (χ4n) is 4.06. The van der Waals surface area contributed by atoms with E-state index in [2.05, 4.69) is 5.32 Å². The van der Waals surface area contributed by atoms with Gasteiger partial charge in [0.15, 0.2) is 0 Å². The highest BCUT2D eigenvalue weighted by atomic mass is 19.4. The van der Waals surface area contributed by atoms with Crippen LogP contribution in [0.1, 0.15) is 34.7 Å². The van der Waals surface area contributed by atoms with Crippen LogP contribution in [0.5, 0.6) is 5.75 Å². The smallest absolute Gasteiger partial charge is 0.416 e. The highest BCUT2D eigenvalue weighted by molar-refractivity contribution is 5.78. The second-order valence-corrected chi connectivity index (χ2v) is 8.64. The van der Waals surface area contributed by atoms with Crippen molar-refractivity contribution >= 4 is 12.0 Å². The molecule has 0 saturated heterocycles. The third kappa shape index (κ3) is 7.25. The van der Waals surface area contributed by atoms with E-state index in [1.54, 1.807) is 25.1 Å². The van der Waals surface area contributed by atoms with Gasteiger partial charge >= 0.3 is 18.2 Å². The summed E-state index contributed by atoms with van der Waals surface area (Å²) in [6, 6.07) is 15.3. The van der Waals surface area contributed by atoms with Gasteiger partial charge in [0.05, 0.1) is 19.1 Å². The van der Waals surface area contributed by atoms with Crippen LogP contribution in [0.2, 0.25) is 0 Å². The van der Waals surface area contributed by atoms with Crippen LogP contribution in [0, 0.1) is 6.92 Å². The Kier molecular flexibility index (Phi) is 8.81. The number of benzene rings is 3. The minimum absolute atomic E-state index is 0.0955. The maximum absolute atomic E-state index is 13.6. The van der Waals surface area contributed by atoms with Gasteiger partial charge in [-0.1, -0.05) is 42.0 Å². The van der Waals surface area contributed by atoms with Crippen LogP contribution < -0.4 is 10.1 Å². The van der Waals surface area contributed by atoms with Gasteiger partial charge in [-0.2, -0.15) is 13.2 Å². The van der Waals surface area contributed by atoms with E-state index < -0.39 is 23.7 Å². The van der Waals surface area contributed by atoms with Gasteiger partial charge in [0.1, 0.15) is 5.75 Å². The van der Waals surface area contributed by atoms with Gasteiger partial charge in [0.25, 0.3) is 0 Å². The van der Waals surface area contributed by atoms with E-state index in [0.29, 0.717) is 22.4 Å². The number of carbonyl (C=O) groups is 2. The van der Waals surface area contributed by atoms with Gasteiger partial charge in [-0.15, -0.1) is 0 Å². The van der Waals surface area contributed by atoms with Crippen molar-refractivity contribution in [2.24, 2.45) is 0 Å². The van der Waals surface area contributed by atoms with Gasteiger partial charge in [-0.3, -0.25) is 4.79 Å². The van der Waals surface area contributed by atoms with E-state index in [-0.39, 0.29) is 31.6 Å². The molecule has 0 spiro atoms. The molecule has 3 rings (SSSR count).